The van der Waals surface area contributed by atoms with Gasteiger partial charge >= 0.3 is 0 Å². The number of alkyl halides is 2. The Morgan fingerprint density at radius 2 is 2.03 bits per heavy atom. The van der Waals surface area contributed by atoms with Gasteiger partial charge in [0, 0.05) is 51.1 Å². The molecule has 1 aliphatic carbocycles. The molecule has 5 rings (SSSR count). The first-order chi connectivity index (χ1) is 14.3. The molecule has 30 heavy (non-hydrogen) atoms. The molecule has 1 saturated carbocycles. The summed E-state index contributed by atoms with van der Waals surface area (Å²) in [7, 11) is 1.84. The number of hydrogen-bond donors (Lipinski definition) is 1. The molecular weight excluding hydrogens is 392 g/mol. The lowest BCUT2D eigenvalue weighted by Crippen LogP contribution is -2.60. The van der Waals surface area contributed by atoms with E-state index in [0.29, 0.717) is 12.4 Å². The molecule has 1 amide bonds. The van der Waals surface area contributed by atoms with E-state index in [1.165, 1.54) is 11.8 Å². The lowest BCUT2D eigenvalue weighted by atomic mass is 9.91. The van der Waals surface area contributed by atoms with Crippen molar-refractivity contribution in [1.29, 1.82) is 0 Å². The number of carbonyl (C=O) groups is 1. The molecule has 156 valence electrons. The van der Waals surface area contributed by atoms with Crippen molar-refractivity contribution in [2.24, 2.45) is 13.0 Å². The van der Waals surface area contributed by atoms with Crippen LogP contribution < -0.4 is 5.32 Å². The van der Waals surface area contributed by atoms with Crippen LogP contribution in [-0.2, 0) is 11.8 Å². The third-order valence-corrected chi connectivity index (χ3v) is 5.84. The monoisotopic (exact) mass is 413 g/mol. The van der Waals surface area contributed by atoms with Gasteiger partial charge in [-0.3, -0.25) is 14.2 Å². The number of pyridine rings is 1. The van der Waals surface area contributed by atoms with Crippen molar-refractivity contribution in [1.82, 2.24) is 29.4 Å². The van der Waals surface area contributed by atoms with E-state index in [-0.39, 0.29) is 18.4 Å². The predicted molar refractivity (Wildman–Crippen MR) is 105 cm³/mol. The van der Waals surface area contributed by atoms with Crippen molar-refractivity contribution >= 4 is 17.4 Å². The van der Waals surface area contributed by atoms with Gasteiger partial charge in [0.2, 0.25) is 5.91 Å². The third kappa shape index (κ3) is 3.21. The van der Waals surface area contributed by atoms with Gasteiger partial charge in [-0.15, -0.1) is 0 Å². The summed E-state index contributed by atoms with van der Waals surface area (Å²) in [6, 6.07) is 3.01. The molecule has 3 aromatic heterocycles. The number of rotatable bonds is 5. The minimum atomic E-state index is -2.69. The average Bonchev–Trinajstić information content (AvgIpc) is 3.04. The summed E-state index contributed by atoms with van der Waals surface area (Å²) in [6.07, 6.45) is 8.63. The lowest BCUT2D eigenvalue weighted by molar-refractivity contribution is -0.143. The summed E-state index contributed by atoms with van der Waals surface area (Å²) in [5, 5.41) is 11.7. The molecule has 0 radical (unpaired) electrons. The van der Waals surface area contributed by atoms with E-state index in [1.54, 1.807) is 28.0 Å². The Bertz CT molecular complexity index is 1110. The number of halogens is 2. The zero-order valence-corrected chi connectivity index (χ0v) is 16.5. The highest BCUT2D eigenvalue weighted by Gasteiger charge is 2.66. The zero-order valence-electron chi connectivity index (χ0n) is 16.5. The second-order valence-electron chi connectivity index (χ2n) is 7.97. The maximum atomic E-state index is 13.7. The number of hydrogen-bond acceptors (Lipinski definition) is 5. The molecule has 3 atom stereocenters. The van der Waals surface area contributed by atoms with E-state index in [2.05, 4.69) is 20.5 Å². The summed E-state index contributed by atoms with van der Waals surface area (Å²) >= 11 is 0. The minimum absolute atomic E-state index is 0.167. The average molecular weight is 413 g/mol. The molecular formula is C20H21F2N7O. The van der Waals surface area contributed by atoms with Crippen LogP contribution in [0.15, 0.2) is 43.1 Å². The van der Waals surface area contributed by atoms with Gasteiger partial charge in [0.1, 0.15) is 5.82 Å². The van der Waals surface area contributed by atoms with E-state index in [1.807, 2.05) is 31.6 Å². The SMILES string of the molecule is CC(=O)N1CC(n2cc(-c3ccnc(Nc4cnn(C)c4)c3)cn2)C1C1CC1(F)F. The fourth-order valence-corrected chi connectivity index (χ4v) is 4.15. The number of anilines is 2. The summed E-state index contributed by atoms with van der Waals surface area (Å²) in [5.41, 5.74) is 2.58. The van der Waals surface area contributed by atoms with Crippen molar-refractivity contribution < 1.29 is 13.6 Å². The number of aromatic nitrogens is 5. The molecule has 1 aliphatic heterocycles. The zero-order chi connectivity index (χ0) is 21.0. The highest BCUT2D eigenvalue weighted by Crippen LogP contribution is 2.56. The van der Waals surface area contributed by atoms with Crippen LogP contribution in [0.2, 0.25) is 0 Å². The topological polar surface area (TPSA) is 80.9 Å². The quantitative estimate of drug-likeness (QED) is 0.696. The second-order valence-corrected chi connectivity index (χ2v) is 7.97. The number of amides is 1. The first-order valence-corrected chi connectivity index (χ1v) is 9.73. The van der Waals surface area contributed by atoms with Gasteiger partial charge in [-0.05, 0) is 17.7 Å². The fraction of sp³-hybridized carbons (Fsp3) is 0.400. The van der Waals surface area contributed by atoms with E-state index in [9.17, 15) is 13.6 Å². The summed E-state index contributed by atoms with van der Waals surface area (Å²) in [4.78, 5) is 17.7. The smallest absolute Gasteiger partial charge is 0.253 e. The number of aryl methyl sites for hydroxylation is 1. The molecule has 0 aromatic carbocycles. The molecule has 1 saturated heterocycles. The van der Waals surface area contributed by atoms with E-state index < -0.39 is 17.9 Å². The van der Waals surface area contributed by atoms with Gasteiger partial charge in [0.15, 0.2) is 0 Å². The Hall–Kier alpha value is -3.30. The summed E-state index contributed by atoms with van der Waals surface area (Å²) in [6.45, 7) is 1.82. The second kappa shape index (κ2) is 6.61. The molecule has 10 heteroatoms. The van der Waals surface area contributed by atoms with E-state index >= 15 is 0 Å². The van der Waals surface area contributed by atoms with Crippen molar-refractivity contribution in [3.8, 4) is 11.1 Å². The summed E-state index contributed by atoms with van der Waals surface area (Å²) in [5.74, 6) is -2.99. The molecule has 4 heterocycles. The predicted octanol–water partition coefficient (Wildman–Crippen LogP) is 2.85. The first kappa shape index (κ1) is 18.7. The van der Waals surface area contributed by atoms with Crippen LogP contribution in [0.5, 0.6) is 0 Å². The van der Waals surface area contributed by atoms with Gasteiger partial charge in [0.05, 0.1) is 36.1 Å². The standard InChI is InChI=1S/C20H21F2N7O/c1-12(30)28-11-17(19(28)16-6-20(16,21)22)29-9-14(7-25-29)13-3-4-23-18(5-13)26-15-8-24-27(2)10-15/h3-5,7-10,16-17,19H,6,11H2,1-2H3,(H,23,26). The van der Waals surface area contributed by atoms with Crippen LogP contribution >= 0.6 is 0 Å². The highest BCUT2D eigenvalue weighted by atomic mass is 19.3. The molecule has 2 aliphatic rings. The van der Waals surface area contributed by atoms with Gasteiger partial charge in [0.25, 0.3) is 5.92 Å². The van der Waals surface area contributed by atoms with Crippen LogP contribution in [0.25, 0.3) is 11.1 Å². The van der Waals surface area contributed by atoms with Crippen LogP contribution in [-0.4, -0.2) is 53.9 Å². The molecule has 0 spiro atoms. The van der Waals surface area contributed by atoms with Crippen LogP contribution in [0.4, 0.5) is 20.3 Å². The van der Waals surface area contributed by atoms with Gasteiger partial charge < -0.3 is 10.2 Å². The van der Waals surface area contributed by atoms with Crippen LogP contribution in [0.3, 0.4) is 0 Å². The molecule has 1 N–H and O–H groups in total. The molecule has 3 aromatic rings. The normalized spacial score (nSPS) is 24.4. The largest absolute Gasteiger partial charge is 0.338 e. The minimum Gasteiger partial charge on any atom is -0.338 e. The van der Waals surface area contributed by atoms with Gasteiger partial charge in [-0.2, -0.15) is 10.2 Å². The molecule has 8 nitrogen and oxygen atoms in total. The van der Waals surface area contributed by atoms with Crippen LogP contribution in [0.1, 0.15) is 19.4 Å². The fourth-order valence-electron chi connectivity index (χ4n) is 4.15. The van der Waals surface area contributed by atoms with E-state index in [4.69, 9.17) is 0 Å². The Kier molecular flexibility index (Phi) is 4.12. The lowest BCUT2D eigenvalue weighted by Gasteiger charge is -2.48. The Morgan fingerprint density at radius 1 is 1.23 bits per heavy atom. The van der Waals surface area contributed by atoms with Crippen molar-refractivity contribution in [2.45, 2.75) is 31.4 Å². The van der Waals surface area contributed by atoms with Crippen molar-refractivity contribution in [2.75, 3.05) is 11.9 Å². The molecule has 3 unspecified atom stereocenters. The Morgan fingerprint density at radius 3 is 2.70 bits per heavy atom. The summed E-state index contributed by atoms with van der Waals surface area (Å²) < 4.78 is 30.8. The van der Waals surface area contributed by atoms with Crippen molar-refractivity contribution in [3.63, 3.8) is 0 Å². The number of likely N-dealkylation sites (tertiary alicyclic amines) is 1. The first-order valence-electron chi connectivity index (χ1n) is 9.73. The number of nitrogens with one attached hydrogen (secondary N) is 1. The van der Waals surface area contributed by atoms with Crippen molar-refractivity contribution in [3.05, 3.63) is 43.1 Å². The highest BCUT2D eigenvalue weighted by molar-refractivity contribution is 5.75. The van der Waals surface area contributed by atoms with Crippen LogP contribution in [0, 0.1) is 5.92 Å². The van der Waals surface area contributed by atoms with Gasteiger partial charge in [-0.25, -0.2) is 13.8 Å². The maximum Gasteiger partial charge on any atom is 0.253 e. The number of carbonyl (C=O) groups excluding carboxylic acids is 1. The third-order valence-electron chi connectivity index (χ3n) is 5.84. The maximum absolute atomic E-state index is 13.7. The van der Waals surface area contributed by atoms with Gasteiger partial charge in [-0.1, -0.05) is 0 Å². The Labute approximate surface area is 171 Å². The van der Waals surface area contributed by atoms with E-state index in [0.717, 1.165) is 16.8 Å². The Balaban J connectivity index is 1.36. The number of nitrogens with zero attached hydrogens (tertiary/aromatic N) is 6. The molecule has 2 fully saturated rings. The molecule has 0 bridgehead atoms.